The quantitative estimate of drug-likeness (QED) is 0.270. The number of carbonyl (C=O) groups is 1. The first-order chi connectivity index (χ1) is 9.91. The molecule has 21 heavy (non-hydrogen) atoms. The van der Waals surface area contributed by atoms with Crippen molar-refractivity contribution < 1.29 is 15.0 Å². The molecule has 2 atom stereocenters. The number of carboxylic acid groups (broad SMARTS) is 1. The summed E-state index contributed by atoms with van der Waals surface area (Å²) < 4.78 is 0. The number of phenolic OH excluding ortho intramolecular Hbond substituents is 1. The number of rotatable bonds is 8. The first-order valence-corrected chi connectivity index (χ1v) is 6.74. The maximum Gasteiger partial charge on any atom is 0.320 e. The third kappa shape index (κ3) is 5.70. The number of hydrogen-bond acceptors (Lipinski definition) is 4. The van der Waals surface area contributed by atoms with Gasteiger partial charge in [0, 0.05) is 18.2 Å². The lowest BCUT2D eigenvalue weighted by molar-refractivity contribution is -0.139. The number of nitrogens with two attached hydrogens (primary N) is 2. The molecular formula is C14H22N4O3. The Morgan fingerprint density at radius 1 is 1.38 bits per heavy atom. The highest BCUT2D eigenvalue weighted by Gasteiger charge is 2.20. The van der Waals surface area contributed by atoms with E-state index in [-0.39, 0.29) is 17.8 Å². The average Bonchev–Trinajstić information content (AvgIpc) is 2.41. The van der Waals surface area contributed by atoms with E-state index in [0.29, 0.717) is 24.9 Å². The lowest BCUT2D eigenvalue weighted by atomic mass is 10.0. The second kappa shape index (κ2) is 8.11. The normalized spacial score (nSPS) is 13.4. The van der Waals surface area contributed by atoms with Crippen LogP contribution in [0.4, 0.5) is 0 Å². The van der Waals surface area contributed by atoms with Crippen molar-refractivity contribution >= 4 is 11.9 Å². The molecule has 1 rings (SSSR count). The SMILES string of the molecule is CC(NC(CCCN=C(N)N)C(=O)O)c1ccccc1O. The van der Waals surface area contributed by atoms with Crippen molar-refractivity contribution in [3.63, 3.8) is 0 Å². The molecule has 0 saturated heterocycles. The Morgan fingerprint density at radius 2 is 2.05 bits per heavy atom. The number of aromatic hydroxyl groups is 1. The van der Waals surface area contributed by atoms with Crippen LogP contribution in [-0.4, -0.2) is 34.7 Å². The number of para-hydroxylation sites is 1. The fourth-order valence-corrected chi connectivity index (χ4v) is 2.03. The van der Waals surface area contributed by atoms with E-state index < -0.39 is 12.0 Å². The zero-order chi connectivity index (χ0) is 15.8. The van der Waals surface area contributed by atoms with Crippen LogP contribution in [0.1, 0.15) is 31.4 Å². The number of aliphatic imine (C=N–C) groups is 1. The maximum absolute atomic E-state index is 11.3. The summed E-state index contributed by atoms with van der Waals surface area (Å²) in [5.74, 6) is -0.804. The number of aliphatic carboxylic acids is 1. The fraction of sp³-hybridized carbons (Fsp3) is 0.429. The lowest BCUT2D eigenvalue weighted by Gasteiger charge is -2.21. The molecule has 0 radical (unpaired) electrons. The highest BCUT2D eigenvalue weighted by atomic mass is 16.4. The van der Waals surface area contributed by atoms with Crippen LogP contribution >= 0.6 is 0 Å². The largest absolute Gasteiger partial charge is 0.508 e. The first-order valence-electron chi connectivity index (χ1n) is 6.74. The number of phenols is 1. The number of guanidine groups is 1. The summed E-state index contributed by atoms with van der Waals surface area (Å²) in [6.07, 6.45) is 0.944. The van der Waals surface area contributed by atoms with Gasteiger partial charge in [0.15, 0.2) is 5.96 Å². The molecule has 0 spiro atoms. The van der Waals surface area contributed by atoms with Gasteiger partial charge >= 0.3 is 5.97 Å². The van der Waals surface area contributed by atoms with Gasteiger partial charge in [-0.25, -0.2) is 0 Å². The Kier molecular flexibility index (Phi) is 6.48. The van der Waals surface area contributed by atoms with Crippen molar-refractivity contribution in [3.05, 3.63) is 29.8 Å². The molecule has 0 aliphatic carbocycles. The zero-order valence-corrected chi connectivity index (χ0v) is 12.0. The van der Waals surface area contributed by atoms with Crippen molar-refractivity contribution in [2.75, 3.05) is 6.54 Å². The molecule has 1 aromatic rings. The fourth-order valence-electron chi connectivity index (χ4n) is 2.03. The number of carboxylic acids is 1. The minimum absolute atomic E-state index is 0.00240. The monoisotopic (exact) mass is 294 g/mol. The minimum Gasteiger partial charge on any atom is -0.508 e. The van der Waals surface area contributed by atoms with Crippen molar-refractivity contribution in [1.29, 1.82) is 0 Å². The Hall–Kier alpha value is -2.28. The van der Waals surface area contributed by atoms with Crippen LogP contribution in [0, 0.1) is 0 Å². The molecule has 0 amide bonds. The van der Waals surface area contributed by atoms with Crippen LogP contribution in [0.5, 0.6) is 5.75 Å². The number of benzene rings is 1. The smallest absolute Gasteiger partial charge is 0.320 e. The van der Waals surface area contributed by atoms with Gasteiger partial charge in [-0.05, 0) is 25.8 Å². The summed E-state index contributed by atoms with van der Waals surface area (Å²) in [7, 11) is 0. The molecule has 0 aliphatic heterocycles. The Balaban J connectivity index is 2.60. The summed E-state index contributed by atoms with van der Waals surface area (Å²) in [6.45, 7) is 2.19. The molecule has 1 aromatic carbocycles. The Morgan fingerprint density at radius 3 is 2.62 bits per heavy atom. The van der Waals surface area contributed by atoms with Crippen LogP contribution in [-0.2, 0) is 4.79 Å². The van der Waals surface area contributed by atoms with Gasteiger partial charge in [-0.15, -0.1) is 0 Å². The second-order valence-corrected chi connectivity index (χ2v) is 4.79. The van der Waals surface area contributed by atoms with Crippen LogP contribution < -0.4 is 16.8 Å². The van der Waals surface area contributed by atoms with Crippen LogP contribution in [0.25, 0.3) is 0 Å². The summed E-state index contributed by atoms with van der Waals surface area (Å²) in [5, 5.41) is 22.0. The molecule has 7 heteroatoms. The van der Waals surface area contributed by atoms with E-state index in [4.69, 9.17) is 11.5 Å². The van der Waals surface area contributed by atoms with E-state index in [1.54, 1.807) is 31.2 Å². The number of nitrogens with one attached hydrogen (secondary N) is 1. The van der Waals surface area contributed by atoms with E-state index in [2.05, 4.69) is 10.3 Å². The minimum atomic E-state index is -0.943. The second-order valence-electron chi connectivity index (χ2n) is 4.79. The Bertz CT molecular complexity index is 501. The molecule has 2 unspecified atom stereocenters. The predicted molar refractivity (Wildman–Crippen MR) is 81.0 cm³/mol. The molecule has 0 fully saturated rings. The van der Waals surface area contributed by atoms with Crippen molar-refractivity contribution in [3.8, 4) is 5.75 Å². The third-order valence-corrected chi connectivity index (χ3v) is 3.10. The predicted octanol–water partition coefficient (Wildman–Crippen LogP) is 0.550. The van der Waals surface area contributed by atoms with Gasteiger partial charge < -0.3 is 21.7 Å². The third-order valence-electron chi connectivity index (χ3n) is 3.10. The van der Waals surface area contributed by atoms with Crippen LogP contribution in [0.2, 0.25) is 0 Å². The van der Waals surface area contributed by atoms with Crippen molar-refractivity contribution in [2.24, 2.45) is 16.5 Å². The van der Waals surface area contributed by atoms with Gasteiger partial charge in [0.05, 0.1) is 0 Å². The number of nitrogens with zero attached hydrogens (tertiary/aromatic N) is 1. The molecule has 0 heterocycles. The van der Waals surface area contributed by atoms with Gasteiger partial charge in [0.2, 0.25) is 0 Å². The lowest BCUT2D eigenvalue weighted by Crippen LogP contribution is -2.38. The van der Waals surface area contributed by atoms with Gasteiger partial charge in [-0.3, -0.25) is 15.1 Å². The average molecular weight is 294 g/mol. The Labute approximate surface area is 123 Å². The molecule has 116 valence electrons. The summed E-state index contributed by atoms with van der Waals surface area (Å²) >= 11 is 0. The zero-order valence-electron chi connectivity index (χ0n) is 12.0. The van der Waals surface area contributed by atoms with Crippen LogP contribution in [0.15, 0.2) is 29.3 Å². The highest BCUT2D eigenvalue weighted by molar-refractivity contribution is 5.75. The topological polar surface area (TPSA) is 134 Å². The molecule has 7 N–H and O–H groups in total. The number of hydrogen-bond donors (Lipinski definition) is 5. The molecule has 0 saturated carbocycles. The highest BCUT2D eigenvalue weighted by Crippen LogP contribution is 2.23. The summed E-state index contributed by atoms with van der Waals surface area (Å²) in [5.41, 5.74) is 11.1. The van der Waals surface area contributed by atoms with Gasteiger partial charge in [0.1, 0.15) is 11.8 Å². The standard InChI is InChI=1S/C14H22N4O3/c1-9(10-5-2-3-7-12(10)19)18-11(13(20)21)6-4-8-17-14(15)16/h2-3,5,7,9,11,18-19H,4,6,8H2,1H3,(H,20,21)(H4,15,16,17). The van der Waals surface area contributed by atoms with E-state index in [1.165, 1.54) is 0 Å². The summed E-state index contributed by atoms with van der Waals surface area (Å²) in [6, 6.07) is 5.83. The maximum atomic E-state index is 11.3. The van der Waals surface area contributed by atoms with E-state index in [9.17, 15) is 15.0 Å². The van der Waals surface area contributed by atoms with E-state index in [0.717, 1.165) is 0 Å². The van der Waals surface area contributed by atoms with Gasteiger partial charge in [-0.1, -0.05) is 18.2 Å². The van der Waals surface area contributed by atoms with E-state index in [1.807, 2.05) is 0 Å². The van der Waals surface area contributed by atoms with Crippen LogP contribution in [0.3, 0.4) is 0 Å². The van der Waals surface area contributed by atoms with E-state index >= 15 is 0 Å². The molecular weight excluding hydrogens is 272 g/mol. The molecule has 0 aromatic heterocycles. The molecule has 0 aliphatic rings. The first kappa shape index (κ1) is 16.8. The van der Waals surface area contributed by atoms with Crippen molar-refractivity contribution in [2.45, 2.75) is 31.8 Å². The van der Waals surface area contributed by atoms with Gasteiger partial charge in [-0.2, -0.15) is 0 Å². The van der Waals surface area contributed by atoms with Gasteiger partial charge in [0.25, 0.3) is 0 Å². The molecule has 7 nitrogen and oxygen atoms in total. The molecule has 0 bridgehead atoms. The van der Waals surface area contributed by atoms with Crippen molar-refractivity contribution in [1.82, 2.24) is 5.32 Å². The summed E-state index contributed by atoms with van der Waals surface area (Å²) in [4.78, 5) is 15.1.